The number of unbranched alkanes of at least 4 members (excludes halogenated alkanes) is 15. The first-order valence-electron chi connectivity index (χ1n) is 11.9. The Morgan fingerprint density at radius 1 is 0.613 bits per heavy atom. The van der Waals surface area contributed by atoms with Gasteiger partial charge < -0.3 is 0 Å². The molecule has 0 fully saturated rings. The van der Waals surface area contributed by atoms with E-state index in [2.05, 4.69) is 41.8 Å². The summed E-state index contributed by atoms with van der Waals surface area (Å²) in [5.41, 5.74) is 0. The first-order chi connectivity index (χ1) is 14.3. The molecule has 0 aliphatic carbocycles. The minimum atomic E-state index is -11.1. The van der Waals surface area contributed by atoms with Gasteiger partial charge in [0, 0.05) is 0 Å². The Morgan fingerprint density at radius 2 is 0.935 bits per heavy atom. The number of halogens is 6. The number of aryl methyl sites for hydroxylation is 2. The molecule has 0 bridgehead atoms. The van der Waals surface area contributed by atoms with E-state index in [1.807, 2.05) is 0 Å². The van der Waals surface area contributed by atoms with Crippen LogP contribution in [0.4, 0.5) is 20.8 Å². The van der Waals surface area contributed by atoms with Crippen LogP contribution in [-0.4, -0.2) is 18.7 Å². The molecule has 0 saturated carbocycles. The maximum atomic E-state index is 9.91. The summed E-state index contributed by atoms with van der Waals surface area (Å²) in [5, 5.41) is 0. The monoisotopic (exact) mass is 524 g/mol. The van der Waals surface area contributed by atoms with Gasteiger partial charge in [0.05, 0.1) is 13.6 Å². The third-order valence-corrected chi connectivity index (χ3v) is 5.09. The van der Waals surface area contributed by atoms with E-state index in [0.29, 0.717) is 0 Å². The Morgan fingerprint density at radius 3 is 1.23 bits per heavy atom. The van der Waals surface area contributed by atoms with Gasteiger partial charge in [-0.15, -0.1) is 0 Å². The molecular formula is C22H43AsF6N2. The maximum absolute atomic E-state index is 11.1. The standard InChI is InChI=1S/C22H43N2.AsF6/c1-3-4-5-6-7-8-9-10-11-12-13-14-15-16-17-18-19-24-21-20-23(2)22-24;2-1(3,4,5,6)7/h20-22H,3-19H2,1-2H3;/q+1;-1. The number of aromatic nitrogens is 2. The van der Waals surface area contributed by atoms with Crippen LogP contribution in [0.5, 0.6) is 0 Å². The molecule has 0 aliphatic rings. The van der Waals surface area contributed by atoms with Crippen molar-refractivity contribution in [3.8, 4) is 0 Å². The molecule has 0 radical (unpaired) electrons. The van der Waals surface area contributed by atoms with Crippen molar-refractivity contribution in [3.63, 3.8) is 0 Å². The topological polar surface area (TPSA) is 8.81 Å². The SMILES string of the molecule is CCCCCCCCCCCCCCCCCCn1cc[n+](C)c1.F[As-](F)(F)(F)(F)F. The van der Waals surface area contributed by atoms with E-state index in [1.165, 1.54) is 109 Å². The molecule has 0 spiro atoms. The summed E-state index contributed by atoms with van der Waals surface area (Å²) in [7, 11) is 2.09. The summed E-state index contributed by atoms with van der Waals surface area (Å²) in [6, 6.07) is 0. The van der Waals surface area contributed by atoms with Crippen LogP contribution >= 0.6 is 0 Å². The first-order valence-corrected chi connectivity index (χ1v) is 16.1. The number of hydrogen-bond acceptors (Lipinski definition) is 0. The fraction of sp³-hybridized carbons (Fsp3) is 0.864. The van der Waals surface area contributed by atoms with Gasteiger partial charge in [0.1, 0.15) is 12.4 Å². The Hall–Kier alpha value is -0.652. The molecule has 1 rings (SSSR count). The second-order valence-electron chi connectivity index (χ2n) is 8.58. The van der Waals surface area contributed by atoms with E-state index in [0.717, 1.165) is 0 Å². The average molecular weight is 525 g/mol. The molecule has 0 saturated heterocycles. The molecule has 1 heterocycles. The minimum absolute atomic E-state index is 1.18. The normalized spacial score (nSPS) is 13.9. The second-order valence-corrected chi connectivity index (χ2v) is 12.6. The first kappa shape index (κ1) is 30.3. The zero-order chi connectivity index (χ0) is 23.7. The fourth-order valence-corrected chi connectivity index (χ4v) is 3.48. The third-order valence-electron chi connectivity index (χ3n) is 5.09. The van der Waals surface area contributed by atoms with Crippen molar-refractivity contribution in [2.45, 2.75) is 116 Å². The second kappa shape index (κ2) is 14.5. The summed E-state index contributed by atoms with van der Waals surface area (Å²) in [6.07, 6.45) is 29.5. The van der Waals surface area contributed by atoms with Gasteiger partial charge in [0.25, 0.3) is 0 Å². The van der Waals surface area contributed by atoms with Crippen LogP contribution in [0.15, 0.2) is 18.7 Å². The van der Waals surface area contributed by atoms with E-state index in [4.69, 9.17) is 0 Å². The van der Waals surface area contributed by atoms with Crippen LogP contribution in [0.2, 0.25) is 0 Å². The van der Waals surface area contributed by atoms with Gasteiger partial charge in [-0.3, -0.25) is 0 Å². The van der Waals surface area contributed by atoms with Crippen molar-refractivity contribution in [3.05, 3.63) is 18.7 Å². The summed E-state index contributed by atoms with van der Waals surface area (Å²) >= 11 is -11.1. The van der Waals surface area contributed by atoms with E-state index in [9.17, 15) is 20.8 Å². The predicted molar refractivity (Wildman–Crippen MR) is 118 cm³/mol. The molecule has 0 unspecified atom stereocenters. The van der Waals surface area contributed by atoms with Crippen LogP contribution < -0.4 is 4.57 Å². The zero-order valence-corrected chi connectivity index (χ0v) is 21.2. The van der Waals surface area contributed by atoms with Crippen molar-refractivity contribution in [2.24, 2.45) is 7.05 Å². The summed E-state index contributed by atoms with van der Waals surface area (Å²) in [6.45, 7) is 3.48. The van der Waals surface area contributed by atoms with Gasteiger partial charge in [-0.2, -0.15) is 0 Å². The predicted octanol–water partition coefficient (Wildman–Crippen LogP) is 8.71. The summed E-state index contributed by atoms with van der Waals surface area (Å²) < 4.78 is 63.9. The fourth-order valence-electron chi connectivity index (χ4n) is 3.48. The van der Waals surface area contributed by atoms with Crippen molar-refractivity contribution < 1.29 is 25.4 Å². The Bertz CT molecular complexity index is 546. The average Bonchev–Trinajstić information content (AvgIpc) is 3.04. The van der Waals surface area contributed by atoms with Crippen molar-refractivity contribution in [2.75, 3.05) is 0 Å². The third kappa shape index (κ3) is 31.6. The van der Waals surface area contributed by atoms with Gasteiger partial charge in [-0.1, -0.05) is 96.8 Å². The van der Waals surface area contributed by atoms with Crippen molar-refractivity contribution in [1.82, 2.24) is 4.57 Å². The Kier molecular flexibility index (Phi) is 14.2. The molecule has 188 valence electrons. The molecular weight excluding hydrogens is 481 g/mol. The molecule has 0 atom stereocenters. The number of nitrogens with zero attached hydrogens (tertiary/aromatic N) is 2. The van der Waals surface area contributed by atoms with Crippen LogP contribution in [0, 0.1) is 0 Å². The molecule has 0 N–H and O–H groups in total. The Balaban J connectivity index is 0.00000110. The van der Waals surface area contributed by atoms with E-state index in [1.54, 1.807) is 0 Å². The number of imidazole rings is 1. The summed E-state index contributed by atoms with van der Waals surface area (Å²) in [5.74, 6) is 0. The van der Waals surface area contributed by atoms with Crippen LogP contribution in [0.1, 0.15) is 110 Å². The number of rotatable bonds is 17. The van der Waals surface area contributed by atoms with Gasteiger partial charge in [-0.25, -0.2) is 9.13 Å². The molecule has 2 nitrogen and oxygen atoms in total. The molecule has 9 heteroatoms. The molecule has 0 amide bonds. The molecule has 0 aliphatic heterocycles. The van der Waals surface area contributed by atoms with Crippen molar-refractivity contribution >= 4 is 14.2 Å². The van der Waals surface area contributed by atoms with Crippen LogP contribution in [-0.2, 0) is 13.6 Å². The van der Waals surface area contributed by atoms with E-state index in [-0.39, 0.29) is 0 Å². The zero-order valence-electron chi connectivity index (χ0n) is 19.4. The van der Waals surface area contributed by atoms with E-state index < -0.39 is 14.2 Å². The summed E-state index contributed by atoms with van der Waals surface area (Å²) in [4.78, 5) is 0. The van der Waals surface area contributed by atoms with Gasteiger partial charge in [0.2, 0.25) is 6.33 Å². The van der Waals surface area contributed by atoms with Gasteiger partial charge in [-0.05, 0) is 12.8 Å². The van der Waals surface area contributed by atoms with Crippen LogP contribution in [0.3, 0.4) is 0 Å². The molecule has 1 aromatic rings. The quantitative estimate of drug-likeness (QED) is 0.0834. The van der Waals surface area contributed by atoms with Gasteiger partial charge >= 0.3 is 35.0 Å². The van der Waals surface area contributed by atoms with Crippen LogP contribution in [0.25, 0.3) is 0 Å². The molecule has 1 aromatic heterocycles. The molecule has 31 heavy (non-hydrogen) atoms. The molecule has 0 aromatic carbocycles. The van der Waals surface area contributed by atoms with Gasteiger partial charge in [0.15, 0.2) is 0 Å². The Labute approximate surface area is 186 Å². The van der Waals surface area contributed by atoms with E-state index >= 15 is 0 Å². The number of hydrogen-bond donors (Lipinski definition) is 0. The van der Waals surface area contributed by atoms with Crippen molar-refractivity contribution in [1.29, 1.82) is 0 Å².